The molecule has 0 saturated heterocycles. The first-order valence-electron chi connectivity index (χ1n) is 6.12. The standard InChI is InChI=1S/C12H17FN2O4S2/c1-9(6-7-20-3)14(2)21(18,19)10-4-5-12(15(16)17)11(13)8-10/h4-5,8-9H,6-7H2,1-3H3. The number of nitro groups is 1. The maximum absolute atomic E-state index is 13.6. The highest BCUT2D eigenvalue weighted by Gasteiger charge is 2.27. The molecule has 9 heteroatoms. The van der Waals surface area contributed by atoms with Crippen LogP contribution in [0.15, 0.2) is 23.1 Å². The van der Waals surface area contributed by atoms with Gasteiger partial charge in [-0.3, -0.25) is 10.1 Å². The van der Waals surface area contributed by atoms with Gasteiger partial charge < -0.3 is 0 Å². The quantitative estimate of drug-likeness (QED) is 0.564. The molecule has 0 N–H and O–H groups in total. The van der Waals surface area contributed by atoms with Gasteiger partial charge >= 0.3 is 5.69 Å². The number of sulfonamides is 1. The molecule has 0 aromatic heterocycles. The topological polar surface area (TPSA) is 80.5 Å². The summed E-state index contributed by atoms with van der Waals surface area (Å²) in [6.07, 6.45) is 2.58. The third-order valence-corrected chi connectivity index (χ3v) is 5.77. The van der Waals surface area contributed by atoms with Crippen LogP contribution in [0.1, 0.15) is 13.3 Å². The van der Waals surface area contributed by atoms with Crippen molar-refractivity contribution in [3.8, 4) is 0 Å². The molecule has 0 saturated carbocycles. The number of benzene rings is 1. The number of nitrogens with zero attached hydrogens (tertiary/aromatic N) is 2. The fourth-order valence-corrected chi connectivity index (χ4v) is 3.65. The Kier molecular flexibility index (Phi) is 6.11. The van der Waals surface area contributed by atoms with E-state index in [1.807, 2.05) is 6.26 Å². The Labute approximate surface area is 127 Å². The molecule has 0 heterocycles. The normalized spacial score (nSPS) is 13.4. The molecule has 0 bridgehead atoms. The van der Waals surface area contributed by atoms with Crippen LogP contribution < -0.4 is 0 Å². The fraction of sp³-hybridized carbons (Fsp3) is 0.500. The van der Waals surface area contributed by atoms with E-state index in [-0.39, 0.29) is 10.9 Å². The van der Waals surface area contributed by atoms with Gasteiger partial charge in [-0.05, 0) is 31.4 Å². The average Bonchev–Trinajstić information content (AvgIpc) is 2.43. The van der Waals surface area contributed by atoms with Gasteiger partial charge in [0.25, 0.3) is 0 Å². The van der Waals surface area contributed by atoms with Crippen LogP contribution in [0.2, 0.25) is 0 Å². The third-order valence-electron chi connectivity index (χ3n) is 3.15. The summed E-state index contributed by atoms with van der Waals surface area (Å²) in [7, 11) is -2.46. The molecule has 0 aliphatic heterocycles. The Hall–Kier alpha value is -1.19. The molecule has 0 radical (unpaired) electrons. The third kappa shape index (κ3) is 4.14. The molecule has 1 aromatic carbocycles. The predicted octanol–water partition coefficient (Wildman–Crippen LogP) is 2.50. The first-order valence-corrected chi connectivity index (χ1v) is 8.96. The molecular formula is C12H17FN2O4S2. The maximum atomic E-state index is 13.6. The first-order chi connectivity index (χ1) is 9.71. The molecular weight excluding hydrogens is 319 g/mol. The van der Waals surface area contributed by atoms with Crippen LogP contribution in [0.5, 0.6) is 0 Å². The summed E-state index contributed by atoms with van der Waals surface area (Å²) in [6.45, 7) is 1.76. The van der Waals surface area contributed by atoms with Crippen LogP contribution >= 0.6 is 11.8 Å². The van der Waals surface area contributed by atoms with Crippen LogP contribution in [-0.2, 0) is 10.0 Å². The second kappa shape index (κ2) is 7.19. The molecule has 118 valence electrons. The van der Waals surface area contributed by atoms with Crippen molar-refractivity contribution >= 4 is 27.5 Å². The molecule has 21 heavy (non-hydrogen) atoms. The monoisotopic (exact) mass is 336 g/mol. The van der Waals surface area contributed by atoms with Gasteiger partial charge in [-0.1, -0.05) is 0 Å². The minimum absolute atomic E-state index is 0.249. The largest absolute Gasteiger partial charge is 0.304 e. The van der Waals surface area contributed by atoms with Crippen molar-refractivity contribution in [1.29, 1.82) is 0 Å². The van der Waals surface area contributed by atoms with E-state index < -0.39 is 26.5 Å². The van der Waals surface area contributed by atoms with Crippen molar-refractivity contribution in [2.75, 3.05) is 19.1 Å². The zero-order chi connectivity index (χ0) is 16.2. The zero-order valence-corrected chi connectivity index (χ0v) is 13.6. The lowest BCUT2D eigenvalue weighted by atomic mass is 10.3. The van der Waals surface area contributed by atoms with Gasteiger partial charge in [0.05, 0.1) is 9.82 Å². The van der Waals surface area contributed by atoms with Crippen molar-refractivity contribution in [1.82, 2.24) is 4.31 Å². The van der Waals surface area contributed by atoms with Crippen LogP contribution in [-0.4, -0.2) is 42.7 Å². The van der Waals surface area contributed by atoms with E-state index in [1.54, 1.807) is 18.7 Å². The molecule has 1 aromatic rings. The van der Waals surface area contributed by atoms with Gasteiger partial charge in [-0.2, -0.15) is 20.5 Å². The van der Waals surface area contributed by atoms with E-state index in [1.165, 1.54) is 7.05 Å². The summed E-state index contributed by atoms with van der Waals surface area (Å²) in [4.78, 5) is 9.37. The van der Waals surface area contributed by atoms with E-state index in [2.05, 4.69) is 0 Å². The molecule has 0 amide bonds. The smallest absolute Gasteiger partial charge is 0.258 e. The molecule has 0 aliphatic rings. The summed E-state index contributed by atoms with van der Waals surface area (Å²) in [5.74, 6) is -0.360. The Morgan fingerprint density at radius 3 is 2.57 bits per heavy atom. The highest BCUT2D eigenvalue weighted by molar-refractivity contribution is 7.98. The molecule has 0 aliphatic carbocycles. The lowest BCUT2D eigenvalue weighted by Gasteiger charge is -2.24. The van der Waals surface area contributed by atoms with Gasteiger partial charge in [-0.15, -0.1) is 0 Å². The number of halogens is 1. The number of rotatable bonds is 7. The van der Waals surface area contributed by atoms with Crippen LogP contribution in [0.25, 0.3) is 0 Å². The Bertz CT molecular complexity index is 622. The number of hydrogen-bond donors (Lipinski definition) is 0. The number of hydrogen-bond acceptors (Lipinski definition) is 5. The molecule has 0 fully saturated rings. The zero-order valence-electron chi connectivity index (χ0n) is 11.9. The maximum Gasteiger partial charge on any atom is 0.304 e. The van der Waals surface area contributed by atoms with E-state index in [4.69, 9.17) is 0 Å². The van der Waals surface area contributed by atoms with Gasteiger partial charge in [0.2, 0.25) is 15.8 Å². The summed E-state index contributed by atoms with van der Waals surface area (Å²) in [5, 5.41) is 10.5. The number of thioether (sulfide) groups is 1. The van der Waals surface area contributed by atoms with Crippen molar-refractivity contribution in [2.24, 2.45) is 0 Å². The van der Waals surface area contributed by atoms with E-state index in [9.17, 15) is 22.9 Å². The molecule has 1 unspecified atom stereocenters. The summed E-state index contributed by atoms with van der Waals surface area (Å²) < 4.78 is 39.4. The van der Waals surface area contributed by atoms with Crippen molar-refractivity contribution in [3.05, 3.63) is 34.1 Å². The van der Waals surface area contributed by atoms with E-state index >= 15 is 0 Å². The Morgan fingerprint density at radius 2 is 2.10 bits per heavy atom. The SMILES string of the molecule is CSCCC(C)N(C)S(=O)(=O)c1ccc([N+](=O)[O-])c(F)c1. The summed E-state index contributed by atoms with van der Waals surface area (Å²) >= 11 is 1.60. The minimum atomic E-state index is -3.87. The Morgan fingerprint density at radius 1 is 1.48 bits per heavy atom. The predicted molar refractivity (Wildman–Crippen MR) is 80.5 cm³/mol. The first kappa shape index (κ1) is 17.9. The Balaban J connectivity index is 3.08. The lowest BCUT2D eigenvalue weighted by Crippen LogP contribution is -2.35. The second-order valence-corrected chi connectivity index (χ2v) is 7.51. The van der Waals surface area contributed by atoms with E-state index in [0.29, 0.717) is 12.5 Å². The van der Waals surface area contributed by atoms with Crippen LogP contribution in [0, 0.1) is 15.9 Å². The van der Waals surface area contributed by atoms with Gasteiger partial charge in [0.15, 0.2) is 0 Å². The highest BCUT2D eigenvalue weighted by Crippen LogP contribution is 2.24. The molecule has 1 rings (SSSR count). The van der Waals surface area contributed by atoms with E-state index in [0.717, 1.165) is 22.2 Å². The fourth-order valence-electron chi connectivity index (χ4n) is 1.67. The second-order valence-electron chi connectivity index (χ2n) is 4.52. The van der Waals surface area contributed by atoms with Crippen LogP contribution in [0.4, 0.5) is 10.1 Å². The van der Waals surface area contributed by atoms with Crippen molar-refractivity contribution in [2.45, 2.75) is 24.3 Å². The van der Waals surface area contributed by atoms with Crippen molar-refractivity contribution < 1.29 is 17.7 Å². The van der Waals surface area contributed by atoms with Crippen molar-refractivity contribution in [3.63, 3.8) is 0 Å². The van der Waals surface area contributed by atoms with Crippen LogP contribution in [0.3, 0.4) is 0 Å². The minimum Gasteiger partial charge on any atom is -0.258 e. The molecule has 6 nitrogen and oxygen atoms in total. The summed E-state index contributed by atoms with van der Waals surface area (Å²) in [6, 6.07) is 2.35. The molecule has 1 atom stereocenters. The number of nitro benzene ring substituents is 1. The molecule has 0 spiro atoms. The highest BCUT2D eigenvalue weighted by atomic mass is 32.2. The average molecular weight is 336 g/mol. The van der Waals surface area contributed by atoms with Gasteiger partial charge in [0, 0.05) is 25.2 Å². The van der Waals surface area contributed by atoms with Gasteiger partial charge in [0.1, 0.15) is 0 Å². The summed E-state index contributed by atoms with van der Waals surface area (Å²) in [5.41, 5.74) is -0.743. The lowest BCUT2D eigenvalue weighted by molar-refractivity contribution is -0.387. The van der Waals surface area contributed by atoms with Gasteiger partial charge in [-0.25, -0.2) is 8.42 Å².